The fraction of sp³-hybridized carbons (Fsp3) is 0.200. The molecule has 6 nitrogen and oxygen atoms in total. The molecule has 1 atom stereocenters. The average Bonchev–Trinajstić information content (AvgIpc) is 2.83. The quantitative estimate of drug-likeness (QED) is 0.792. The monoisotopic (exact) mass is 217 g/mol. The van der Waals surface area contributed by atoms with Crippen molar-refractivity contribution in [3.05, 3.63) is 42.2 Å². The van der Waals surface area contributed by atoms with Crippen LogP contribution in [0.3, 0.4) is 0 Å². The van der Waals surface area contributed by atoms with Gasteiger partial charge in [-0.1, -0.05) is 6.07 Å². The van der Waals surface area contributed by atoms with Gasteiger partial charge in [-0.25, -0.2) is 4.98 Å². The molecule has 2 rings (SSSR count). The number of pyridine rings is 1. The smallest absolute Gasteiger partial charge is 0.289 e. The first kappa shape index (κ1) is 10.3. The van der Waals surface area contributed by atoms with Crippen LogP contribution in [0.25, 0.3) is 0 Å². The Morgan fingerprint density at radius 2 is 2.44 bits per heavy atom. The zero-order chi connectivity index (χ0) is 11.4. The summed E-state index contributed by atoms with van der Waals surface area (Å²) in [5.41, 5.74) is 0.940. The Morgan fingerprint density at radius 3 is 3.06 bits per heavy atom. The van der Waals surface area contributed by atoms with Crippen LogP contribution in [0.2, 0.25) is 0 Å². The zero-order valence-corrected chi connectivity index (χ0v) is 8.71. The Balaban J connectivity index is 2.03. The van der Waals surface area contributed by atoms with Crippen molar-refractivity contribution < 1.29 is 4.79 Å². The molecule has 0 radical (unpaired) electrons. The Morgan fingerprint density at radius 1 is 1.56 bits per heavy atom. The van der Waals surface area contributed by atoms with Crippen LogP contribution in [0, 0.1) is 0 Å². The van der Waals surface area contributed by atoms with Crippen LogP contribution in [0.1, 0.15) is 29.1 Å². The van der Waals surface area contributed by atoms with E-state index in [9.17, 15) is 4.79 Å². The summed E-state index contributed by atoms with van der Waals surface area (Å²) in [6.07, 6.45) is 4.70. The molecule has 2 N–H and O–H groups in total. The van der Waals surface area contributed by atoms with Gasteiger partial charge in [0.15, 0.2) is 0 Å². The maximum absolute atomic E-state index is 11.6. The van der Waals surface area contributed by atoms with Gasteiger partial charge in [0.25, 0.3) is 5.91 Å². The van der Waals surface area contributed by atoms with Crippen molar-refractivity contribution in [3.63, 3.8) is 0 Å². The highest BCUT2D eigenvalue weighted by atomic mass is 16.2. The minimum atomic E-state index is -0.283. The molecule has 2 heterocycles. The van der Waals surface area contributed by atoms with E-state index in [1.807, 2.05) is 19.1 Å². The van der Waals surface area contributed by atoms with Crippen LogP contribution in [0.4, 0.5) is 0 Å². The molecule has 0 saturated carbocycles. The third kappa shape index (κ3) is 2.22. The normalized spacial score (nSPS) is 12.1. The summed E-state index contributed by atoms with van der Waals surface area (Å²) < 4.78 is 0. The number of hydrogen-bond donors (Lipinski definition) is 2. The minimum Gasteiger partial charge on any atom is -0.343 e. The highest BCUT2D eigenvalue weighted by Crippen LogP contribution is 2.09. The van der Waals surface area contributed by atoms with Crippen LogP contribution in [-0.4, -0.2) is 26.1 Å². The fourth-order valence-corrected chi connectivity index (χ4v) is 1.30. The van der Waals surface area contributed by atoms with Gasteiger partial charge in [0.05, 0.1) is 6.04 Å². The first-order valence-electron chi connectivity index (χ1n) is 4.83. The maximum Gasteiger partial charge on any atom is 0.289 e. The number of aromatic nitrogens is 4. The van der Waals surface area contributed by atoms with Gasteiger partial charge < -0.3 is 5.32 Å². The predicted octanol–water partition coefficient (Wildman–Crippen LogP) is 0.691. The summed E-state index contributed by atoms with van der Waals surface area (Å²) in [5.74, 6) is -0.0791. The van der Waals surface area contributed by atoms with E-state index in [2.05, 4.69) is 25.5 Å². The molecule has 0 bridgehead atoms. The van der Waals surface area contributed by atoms with Gasteiger partial charge >= 0.3 is 0 Å². The van der Waals surface area contributed by atoms with Crippen molar-refractivity contribution in [1.82, 2.24) is 25.5 Å². The van der Waals surface area contributed by atoms with E-state index < -0.39 is 0 Å². The summed E-state index contributed by atoms with van der Waals surface area (Å²) in [6, 6.07) is 3.61. The van der Waals surface area contributed by atoms with Crippen LogP contribution in [-0.2, 0) is 0 Å². The number of H-pyrrole nitrogens is 1. The molecule has 2 aromatic heterocycles. The van der Waals surface area contributed by atoms with E-state index in [0.29, 0.717) is 0 Å². The molecule has 82 valence electrons. The molecule has 2 aromatic rings. The zero-order valence-electron chi connectivity index (χ0n) is 8.71. The second-order valence-electron chi connectivity index (χ2n) is 3.32. The molecular weight excluding hydrogens is 206 g/mol. The number of aromatic amines is 1. The van der Waals surface area contributed by atoms with Crippen LogP contribution >= 0.6 is 0 Å². The lowest BCUT2D eigenvalue weighted by molar-refractivity contribution is 0.0930. The van der Waals surface area contributed by atoms with Crippen molar-refractivity contribution in [3.8, 4) is 0 Å². The van der Waals surface area contributed by atoms with Gasteiger partial charge in [-0.2, -0.15) is 5.10 Å². The average molecular weight is 217 g/mol. The second kappa shape index (κ2) is 4.52. The van der Waals surface area contributed by atoms with Crippen molar-refractivity contribution in [1.29, 1.82) is 0 Å². The van der Waals surface area contributed by atoms with Gasteiger partial charge in [-0.05, 0) is 18.6 Å². The molecule has 0 spiro atoms. The molecule has 0 aliphatic carbocycles. The first-order valence-corrected chi connectivity index (χ1v) is 4.83. The molecule has 6 heteroatoms. The first-order chi connectivity index (χ1) is 7.77. The molecule has 0 aliphatic rings. The number of rotatable bonds is 3. The van der Waals surface area contributed by atoms with E-state index in [1.165, 1.54) is 6.33 Å². The largest absolute Gasteiger partial charge is 0.343 e. The summed E-state index contributed by atoms with van der Waals surface area (Å²) in [5, 5.41) is 8.90. The van der Waals surface area contributed by atoms with E-state index in [4.69, 9.17) is 0 Å². The minimum absolute atomic E-state index is 0.119. The number of nitrogens with one attached hydrogen (secondary N) is 2. The molecule has 0 aliphatic heterocycles. The maximum atomic E-state index is 11.6. The predicted molar refractivity (Wildman–Crippen MR) is 56.5 cm³/mol. The highest BCUT2D eigenvalue weighted by Gasteiger charge is 2.13. The Hall–Kier alpha value is -2.24. The van der Waals surface area contributed by atoms with Gasteiger partial charge in [0.1, 0.15) is 6.33 Å². The third-order valence-corrected chi connectivity index (χ3v) is 2.16. The van der Waals surface area contributed by atoms with E-state index in [1.54, 1.807) is 12.4 Å². The third-order valence-electron chi connectivity index (χ3n) is 2.16. The van der Waals surface area contributed by atoms with Crippen molar-refractivity contribution in [2.75, 3.05) is 0 Å². The Bertz CT molecular complexity index is 453. The lowest BCUT2D eigenvalue weighted by Crippen LogP contribution is -2.27. The fourth-order valence-electron chi connectivity index (χ4n) is 1.30. The number of hydrogen-bond acceptors (Lipinski definition) is 4. The molecular formula is C10H11N5O. The van der Waals surface area contributed by atoms with Gasteiger partial charge in [0.2, 0.25) is 5.82 Å². The van der Waals surface area contributed by atoms with Crippen molar-refractivity contribution in [2.24, 2.45) is 0 Å². The van der Waals surface area contributed by atoms with Crippen molar-refractivity contribution in [2.45, 2.75) is 13.0 Å². The van der Waals surface area contributed by atoms with Crippen LogP contribution in [0.15, 0.2) is 30.9 Å². The summed E-state index contributed by atoms with van der Waals surface area (Å²) in [6.45, 7) is 1.88. The molecule has 0 aromatic carbocycles. The number of amides is 1. The van der Waals surface area contributed by atoms with E-state index >= 15 is 0 Å². The second-order valence-corrected chi connectivity index (χ2v) is 3.32. The summed E-state index contributed by atoms with van der Waals surface area (Å²) in [4.78, 5) is 19.4. The molecule has 1 amide bonds. The Labute approximate surface area is 92.1 Å². The molecule has 0 fully saturated rings. The van der Waals surface area contributed by atoms with E-state index in [-0.39, 0.29) is 17.8 Å². The molecule has 0 saturated heterocycles. The topological polar surface area (TPSA) is 83.6 Å². The van der Waals surface area contributed by atoms with Crippen molar-refractivity contribution >= 4 is 5.91 Å². The standard InChI is InChI=1S/C10H11N5O/c1-7(8-3-2-4-11-5-8)14-10(16)9-12-6-13-15-9/h2-7H,1H3,(H,14,16)(H,12,13,15). The summed E-state index contributed by atoms with van der Waals surface area (Å²) in [7, 11) is 0. The Kier molecular flexibility index (Phi) is 2.90. The molecule has 1 unspecified atom stereocenters. The van der Waals surface area contributed by atoms with E-state index in [0.717, 1.165) is 5.56 Å². The lowest BCUT2D eigenvalue weighted by atomic mass is 10.1. The number of carbonyl (C=O) groups excluding carboxylic acids is 1. The van der Waals surface area contributed by atoms with Gasteiger partial charge in [0, 0.05) is 12.4 Å². The molecule has 16 heavy (non-hydrogen) atoms. The highest BCUT2D eigenvalue weighted by molar-refractivity contribution is 5.90. The summed E-state index contributed by atoms with van der Waals surface area (Å²) >= 11 is 0. The lowest BCUT2D eigenvalue weighted by Gasteiger charge is -2.12. The van der Waals surface area contributed by atoms with Crippen LogP contribution < -0.4 is 5.32 Å². The van der Waals surface area contributed by atoms with Crippen LogP contribution in [0.5, 0.6) is 0 Å². The van der Waals surface area contributed by atoms with Gasteiger partial charge in [-0.15, -0.1) is 0 Å². The SMILES string of the molecule is CC(NC(=O)c1ncn[nH]1)c1cccnc1. The van der Waals surface area contributed by atoms with Gasteiger partial charge in [-0.3, -0.25) is 14.9 Å². The number of nitrogens with zero attached hydrogens (tertiary/aromatic N) is 3. The number of carbonyl (C=O) groups is 1.